The van der Waals surface area contributed by atoms with Crippen molar-refractivity contribution in [1.82, 2.24) is 4.90 Å². The maximum atomic E-state index is 12.1. The molecule has 0 aliphatic carbocycles. The van der Waals surface area contributed by atoms with E-state index in [9.17, 15) is 8.78 Å². The predicted molar refractivity (Wildman–Crippen MR) is 31.7 cm³/mol. The van der Waals surface area contributed by atoms with Crippen LogP contribution in [0.3, 0.4) is 0 Å². The van der Waals surface area contributed by atoms with E-state index in [1.54, 1.807) is 4.90 Å². The molecule has 0 aromatic rings. The first kappa shape index (κ1) is 6.93. The highest BCUT2D eigenvalue weighted by molar-refractivity contribution is 4.88. The van der Waals surface area contributed by atoms with E-state index in [1.807, 2.05) is 13.8 Å². The lowest BCUT2D eigenvalue weighted by atomic mass is 10.1. The van der Waals surface area contributed by atoms with E-state index in [1.165, 1.54) is 0 Å². The standard InChI is InChI=1S/C6H11F2N/c1-5(2)9-3-6(7,8)4-9/h5H,3-4H2,1-2H3. The zero-order chi connectivity index (χ0) is 7.07. The normalized spacial score (nSPS) is 26.3. The van der Waals surface area contributed by atoms with Gasteiger partial charge in [-0.1, -0.05) is 0 Å². The quantitative estimate of drug-likeness (QED) is 0.524. The summed E-state index contributed by atoms with van der Waals surface area (Å²) < 4.78 is 24.2. The van der Waals surface area contributed by atoms with Crippen LogP contribution in [0.15, 0.2) is 0 Å². The molecule has 0 unspecified atom stereocenters. The van der Waals surface area contributed by atoms with Gasteiger partial charge in [-0.25, -0.2) is 8.78 Å². The molecule has 1 saturated heterocycles. The Balaban J connectivity index is 2.27. The molecule has 1 rings (SSSR count). The van der Waals surface area contributed by atoms with E-state index >= 15 is 0 Å². The summed E-state index contributed by atoms with van der Waals surface area (Å²) in [6.07, 6.45) is 0. The van der Waals surface area contributed by atoms with Crippen molar-refractivity contribution >= 4 is 0 Å². The number of alkyl halides is 2. The molecule has 54 valence electrons. The van der Waals surface area contributed by atoms with E-state index < -0.39 is 5.92 Å². The summed E-state index contributed by atoms with van der Waals surface area (Å²) in [5.74, 6) is -2.40. The van der Waals surface area contributed by atoms with Crippen molar-refractivity contribution < 1.29 is 8.78 Å². The molecular weight excluding hydrogens is 124 g/mol. The summed E-state index contributed by atoms with van der Waals surface area (Å²) in [6, 6.07) is 0.268. The zero-order valence-electron chi connectivity index (χ0n) is 5.69. The third-order valence-electron chi connectivity index (χ3n) is 1.60. The minimum atomic E-state index is -2.40. The smallest absolute Gasteiger partial charge is 0.272 e. The number of halogens is 2. The largest absolute Gasteiger partial charge is 0.289 e. The Labute approximate surface area is 53.6 Å². The maximum absolute atomic E-state index is 12.1. The lowest BCUT2D eigenvalue weighted by Crippen LogP contribution is -2.58. The molecule has 3 heteroatoms. The van der Waals surface area contributed by atoms with Crippen molar-refractivity contribution in [2.45, 2.75) is 25.8 Å². The number of likely N-dealkylation sites (tertiary alicyclic amines) is 1. The summed E-state index contributed by atoms with van der Waals surface area (Å²) in [7, 11) is 0. The van der Waals surface area contributed by atoms with Gasteiger partial charge in [-0.3, -0.25) is 4.90 Å². The van der Waals surface area contributed by atoms with E-state index in [0.29, 0.717) is 0 Å². The topological polar surface area (TPSA) is 3.24 Å². The second-order valence-electron chi connectivity index (χ2n) is 2.85. The van der Waals surface area contributed by atoms with Crippen LogP contribution in [0.1, 0.15) is 13.8 Å². The second kappa shape index (κ2) is 1.90. The van der Waals surface area contributed by atoms with Gasteiger partial charge in [0, 0.05) is 6.04 Å². The average Bonchev–Trinajstić information content (AvgIpc) is 1.59. The fourth-order valence-electron chi connectivity index (χ4n) is 0.913. The second-order valence-corrected chi connectivity index (χ2v) is 2.85. The predicted octanol–water partition coefficient (Wildman–Crippen LogP) is 1.35. The van der Waals surface area contributed by atoms with Crippen LogP contribution in [0, 0.1) is 0 Å². The van der Waals surface area contributed by atoms with E-state index in [0.717, 1.165) is 0 Å². The zero-order valence-corrected chi connectivity index (χ0v) is 5.69. The van der Waals surface area contributed by atoms with Crippen LogP contribution in [0.4, 0.5) is 8.78 Å². The fraction of sp³-hybridized carbons (Fsp3) is 1.00. The molecule has 0 saturated carbocycles. The highest BCUT2D eigenvalue weighted by Crippen LogP contribution is 2.27. The minimum absolute atomic E-state index is 0.0509. The Morgan fingerprint density at radius 1 is 1.33 bits per heavy atom. The van der Waals surface area contributed by atoms with Crippen LogP contribution in [0.5, 0.6) is 0 Å². The van der Waals surface area contributed by atoms with E-state index in [-0.39, 0.29) is 19.1 Å². The van der Waals surface area contributed by atoms with Gasteiger partial charge in [0.15, 0.2) is 0 Å². The number of rotatable bonds is 1. The molecule has 0 aromatic heterocycles. The fourth-order valence-corrected chi connectivity index (χ4v) is 0.913. The first-order chi connectivity index (χ1) is 4.01. The number of hydrogen-bond acceptors (Lipinski definition) is 1. The average molecular weight is 135 g/mol. The highest BCUT2D eigenvalue weighted by Gasteiger charge is 2.44. The van der Waals surface area contributed by atoms with Crippen molar-refractivity contribution in [3.8, 4) is 0 Å². The molecule has 0 N–H and O–H groups in total. The summed E-state index contributed by atoms with van der Waals surface area (Å²) >= 11 is 0. The van der Waals surface area contributed by atoms with Crippen molar-refractivity contribution in [1.29, 1.82) is 0 Å². The van der Waals surface area contributed by atoms with Crippen molar-refractivity contribution in [3.63, 3.8) is 0 Å². The maximum Gasteiger partial charge on any atom is 0.272 e. The molecule has 0 aromatic carbocycles. The highest BCUT2D eigenvalue weighted by atomic mass is 19.3. The van der Waals surface area contributed by atoms with Crippen molar-refractivity contribution in [2.75, 3.05) is 13.1 Å². The van der Waals surface area contributed by atoms with Crippen LogP contribution >= 0.6 is 0 Å². The van der Waals surface area contributed by atoms with Crippen LogP contribution in [0.2, 0.25) is 0 Å². The van der Waals surface area contributed by atoms with Gasteiger partial charge in [0.05, 0.1) is 13.1 Å². The Kier molecular flexibility index (Phi) is 1.47. The molecule has 0 amide bonds. The van der Waals surface area contributed by atoms with Crippen molar-refractivity contribution in [2.24, 2.45) is 0 Å². The first-order valence-electron chi connectivity index (χ1n) is 3.13. The van der Waals surface area contributed by atoms with Gasteiger partial charge < -0.3 is 0 Å². The van der Waals surface area contributed by atoms with Gasteiger partial charge in [-0.15, -0.1) is 0 Å². The number of hydrogen-bond donors (Lipinski definition) is 0. The number of nitrogens with zero attached hydrogens (tertiary/aromatic N) is 1. The Hall–Kier alpha value is -0.180. The van der Waals surface area contributed by atoms with Gasteiger partial charge >= 0.3 is 0 Å². The summed E-state index contributed by atoms with van der Waals surface area (Å²) in [5, 5.41) is 0. The lowest BCUT2D eigenvalue weighted by Gasteiger charge is -2.41. The van der Waals surface area contributed by atoms with Gasteiger partial charge in [-0.05, 0) is 13.8 Å². The molecule has 0 radical (unpaired) electrons. The minimum Gasteiger partial charge on any atom is -0.289 e. The third kappa shape index (κ3) is 1.39. The van der Waals surface area contributed by atoms with E-state index in [2.05, 4.69) is 0 Å². The van der Waals surface area contributed by atoms with Gasteiger partial charge in [0.1, 0.15) is 0 Å². The summed E-state index contributed by atoms with van der Waals surface area (Å²) in [6.45, 7) is 3.75. The molecule has 1 aliphatic heterocycles. The SMILES string of the molecule is CC(C)N1CC(F)(F)C1. The van der Waals surface area contributed by atoms with Gasteiger partial charge in [-0.2, -0.15) is 0 Å². The lowest BCUT2D eigenvalue weighted by molar-refractivity contribution is -0.141. The molecule has 0 atom stereocenters. The molecular formula is C6H11F2N. The summed E-state index contributed by atoms with van der Waals surface area (Å²) in [4.78, 5) is 1.75. The molecule has 0 spiro atoms. The van der Waals surface area contributed by atoms with Gasteiger partial charge in [0.2, 0.25) is 0 Å². The Morgan fingerprint density at radius 2 is 1.78 bits per heavy atom. The summed E-state index contributed by atoms with van der Waals surface area (Å²) in [5.41, 5.74) is 0. The Morgan fingerprint density at radius 3 is 1.89 bits per heavy atom. The molecule has 1 fully saturated rings. The van der Waals surface area contributed by atoms with Crippen LogP contribution in [-0.2, 0) is 0 Å². The van der Waals surface area contributed by atoms with E-state index in [4.69, 9.17) is 0 Å². The molecule has 1 nitrogen and oxygen atoms in total. The Bertz CT molecular complexity index is 104. The monoisotopic (exact) mass is 135 g/mol. The first-order valence-corrected chi connectivity index (χ1v) is 3.13. The molecule has 1 heterocycles. The third-order valence-corrected chi connectivity index (χ3v) is 1.60. The molecule has 1 aliphatic rings. The van der Waals surface area contributed by atoms with Crippen molar-refractivity contribution in [3.05, 3.63) is 0 Å². The molecule has 9 heavy (non-hydrogen) atoms. The molecule has 0 bridgehead atoms. The van der Waals surface area contributed by atoms with Gasteiger partial charge in [0.25, 0.3) is 5.92 Å². The van der Waals surface area contributed by atoms with Crippen LogP contribution < -0.4 is 0 Å². The van der Waals surface area contributed by atoms with Crippen LogP contribution in [-0.4, -0.2) is 30.0 Å². The van der Waals surface area contributed by atoms with Crippen LogP contribution in [0.25, 0.3) is 0 Å².